The van der Waals surface area contributed by atoms with Gasteiger partial charge in [0.05, 0.1) is 19.4 Å². The van der Waals surface area contributed by atoms with Gasteiger partial charge in [0.15, 0.2) is 5.65 Å². The summed E-state index contributed by atoms with van der Waals surface area (Å²) in [5, 5.41) is 7.26. The first-order valence-corrected chi connectivity index (χ1v) is 8.33. The molecule has 4 rings (SSSR count). The molecule has 2 aromatic heterocycles. The molecule has 8 heteroatoms. The van der Waals surface area contributed by atoms with Crippen molar-refractivity contribution in [2.24, 2.45) is 0 Å². The van der Waals surface area contributed by atoms with Gasteiger partial charge in [0.1, 0.15) is 10.8 Å². The standard InChI is InChI=1S/C17H16ClN5O2/c18-15-5-6-16-20-14(11-23(16)21-15)17(24)19-12-1-3-13(4-2-12)22-7-9-25-10-8-22/h1-6,11H,7-10H2,(H,19,24). The normalized spacial score (nSPS) is 14.7. The minimum Gasteiger partial charge on any atom is -0.378 e. The van der Waals surface area contributed by atoms with Crippen LogP contribution >= 0.6 is 11.6 Å². The fraction of sp³-hybridized carbons (Fsp3) is 0.235. The molecule has 3 aromatic rings. The molecular weight excluding hydrogens is 342 g/mol. The minimum atomic E-state index is -0.291. The zero-order valence-corrected chi connectivity index (χ0v) is 14.1. The summed E-state index contributed by atoms with van der Waals surface area (Å²) in [5.74, 6) is -0.291. The number of ether oxygens (including phenoxy) is 1. The number of anilines is 2. The van der Waals surface area contributed by atoms with E-state index < -0.39 is 0 Å². The van der Waals surface area contributed by atoms with Gasteiger partial charge in [-0.3, -0.25) is 4.79 Å². The number of amides is 1. The highest BCUT2D eigenvalue weighted by molar-refractivity contribution is 6.29. The fourth-order valence-corrected chi connectivity index (χ4v) is 2.88. The van der Waals surface area contributed by atoms with Gasteiger partial charge in [-0.2, -0.15) is 5.10 Å². The van der Waals surface area contributed by atoms with Gasteiger partial charge in [-0.25, -0.2) is 9.50 Å². The molecule has 0 saturated carbocycles. The highest BCUT2D eigenvalue weighted by Crippen LogP contribution is 2.19. The fourth-order valence-electron chi connectivity index (χ4n) is 2.74. The van der Waals surface area contributed by atoms with Crippen LogP contribution < -0.4 is 10.2 Å². The second-order valence-corrected chi connectivity index (χ2v) is 6.07. The molecule has 1 aromatic carbocycles. The topological polar surface area (TPSA) is 71.8 Å². The number of hydrogen-bond donors (Lipinski definition) is 1. The van der Waals surface area contributed by atoms with Crippen molar-refractivity contribution in [1.29, 1.82) is 0 Å². The van der Waals surface area contributed by atoms with Crippen LogP contribution in [0.15, 0.2) is 42.6 Å². The lowest BCUT2D eigenvalue weighted by atomic mass is 10.2. The first-order valence-electron chi connectivity index (χ1n) is 7.95. The summed E-state index contributed by atoms with van der Waals surface area (Å²) in [6.07, 6.45) is 1.55. The van der Waals surface area contributed by atoms with Crippen molar-refractivity contribution >= 4 is 34.5 Å². The number of carbonyl (C=O) groups is 1. The highest BCUT2D eigenvalue weighted by Gasteiger charge is 2.13. The number of morpholine rings is 1. The molecule has 3 heterocycles. The number of halogens is 1. The molecule has 0 spiro atoms. The van der Waals surface area contributed by atoms with Crippen LogP contribution in [0.1, 0.15) is 10.5 Å². The predicted molar refractivity (Wildman–Crippen MR) is 95.4 cm³/mol. The third-order valence-corrected chi connectivity index (χ3v) is 4.22. The van der Waals surface area contributed by atoms with Gasteiger partial charge in [0, 0.05) is 24.5 Å². The van der Waals surface area contributed by atoms with Crippen molar-refractivity contribution in [2.45, 2.75) is 0 Å². The Morgan fingerprint density at radius 3 is 2.64 bits per heavy atom. The molecule has 0 radical (unpaired) electrons. The summed E-state index contributed by atoms with van der Waals surface area (Å²) in [7, 11) is 0. The molecule has 25 heavy (non-hydrogen) atoms. The van der Waals surface area contributed by atoms with Crippen molar-refractivity contribution in [3.63, 3.8) is 0 Å². The number of hydrogen-bond acceptors (Lipinski definition) is 5. The number of nitrogens with one attached hydrogen (secondary N) is 1. The Morgan fingerprint density at radius 1 is 1.12 bits per heavy atom. The van der Waals surface area contributed by atoms with Gasteiger partial charge in [-0.05, 0) is 36.4 Å². The van der Waals surface area contributed by atoms with Gasteiger partial charge in [-0.15, -0.1) is 0 Å². The van der Waals surface area contributed by atoms with Crippen molar-refractivity contribution in [3.05, 3.63) is 53.4 Å². The molecule has 1 amide bonds. The smallest absolute Gasteiger partial charge is 0.275 e. The second-order valence-electron chi connectivity index (χ2n) is 5.69. The quantitative estimate of drug-likeness (QED) is 0.779. The molecule has 1 aliphatic heterocycles. The zero-order valence-electron chi connectivity index (χ0n) is 13.4. The molecule has 128 valence electrons. The van der Waals surface area contributed by atoms with E-state index in [0.29, 0.717) is 16.5 Å². The van der Waals surface area contributed by atoms with Crippen LogP contribution in [0.3, 0.4) is 0 Å². The van der Waals surface area contributed by atoms with Crippen LogP contribution in [-0.2, 0) is 4.74 Å². The number of carbonyl (C=O) groups excluding carboxylic acids is 1. The predicted octanol–water partition coefficient (Wildman–Crippen LogP) is 2.47. The van der Waals surface area contributed by atoms with Crippen molar-refractivity contribution < 1.29 is 9.53 Å². The van der Waals surface area contributed by atoms with E-state index >= 15 is 0 Å². The number of fused-ring (bicyclic) bond motifs is 1. The maximum Gasteiger partial charge on any atom is 0.275 e. The lowest BCUT2D eigenvalue weighted by Crippen LogP contribution is -2.36. The summed E-state index contributed by atoms with van der Waals surface area (Å²) in [4.78, 5) is 18.9. The first kappa shape index (κ1) is 15.9. The molecule has 0 unspecified atom stereocenters. The summed E-state index contributed by atoms with van der Waals surface area (Å²) in [6.45, 7) is 3.24. The third-order valence-electron chi connectivity index (χ3n) is 4.02. The van der Waals surface area contributed by atoms with E-state index in [1.54, 1.807) is 18.3 Å². The Morgan fingerprint density at radius 2 is 1.88 bits per heavy atom. The maximum absolute atomic E-state index is 12.4. The van der Waals surface area contributed by atoms with Crippen LogP contribution in [0, 0.1) is 0 Å². The second kappa shape index (κ2) is 6.70. The summed E-state index contributed by atoms with van der Waals surface area (Å²) in [5.41, 5.74) is 2.68. The molecule has 1 fully saturated rings. The van der Waals surface area contributed by atoms with Crippen LogP contribution in [-0.4, -0.2) is 46.8 Å². The molecule has 0 atom stereocenters. The van der Waals surface area contributed by atoms with Crippen LogP contribution in [0.5, 0.6) is 0 Å². The van der Waals surface area contributed by atoms with Crippen LogP contribution in [0.25, 0.3) is 5.65 Å². The SMILES string of the molecule is O=C(Nc1ccc(N2CCOCC2)cc1)c1cn2nc(Cl)ccc2n1. The molecule has 1 saturated heterocycles. The molecule has 0 aliphatic carbocycles. The highest BCUT2D eigenvalue weighted by atomic mass is 35.5. The summed E-state index contributed by atoms with van der Waals surface area (Å²) < 4.78 is 6.84. The van der Waals surface area contributed by atoms with E-state index in [0.717, 1.165) is 32.0 Å². The van der Waals surface area contributed by atoms with Crippen molar-refractivity contribution in [2.75, 3.05) is 36.5 Å². The summed E-state index contributed by atoms with van der Waals surface area (Å²) >= 11 is 5.84. The Kier molecular flexibility index (Phi) is 4.25. The number of nitrogens with zero attached hydrogens (tertiary/aromatic N) is 4. The lowest BCUT2D eigenvalue weighted by Gasteiger charge is -2.28. The first-order chi connectivity index (χ1) is 12.2. The van der Waals surface area contributed by atoms with Gasteiger partial charge in [-0.1, -0.05) is 11.6 Å². The number of benzene rings is 1. The Bertz CT molecular complexity index is 903. The molecular formula is C17H16ClN5O2. The molecule has 1 N–H and O–H groups in total. The van der Waals surface area contributed by atoms with Crippen LogP contribution in [0.4, 0.5) is 11.4 Å². The van der Waals surface area contributed by atoms with E-state index in [4.69, 9.17) is 16.3 Å². The largest absolute Gasteiger partial charge is 0.378 e. The van der Waals surface area contributed by atoms with Crippen LogP contribution in [0.2, 0.25) is 5.15 Å². The Balaban J connectivity index is 1.47. The van der Waals surface area contributed by atoms with E-state index in [1.165, 1.54) is 4.52 Å². The lowest BCUT2D eigenvalue weighted by molar-refractivity contribution is 0.102. The van der Waals surface area contributed by atoms with Gasteiger partial charge >= 0.3 is 0 Å². The van der Waals surface area contributed by atoms with E-state index in [9.17, 15) is 4.79 Å². The van der Waals surface area contributed by atoms with E-state index in [2.05, 4.69) is 20.3 Å². The molecule has 7 nitrogen and oxygen atoms in total. The zero-order chi connectivity index (χ0) is 17.2. The van der Waals surface area contributed by atoms with E-state index in [-0.39, 0.29) is 11.6 Å². The minimum absolute atomic E-state index is 0.284. The van der Waals surface area contributed by atoms with Crippen molar-refractivity contribution in [1.82, 2.24) is 14.6 Å². The monoisotopic (exact) mass is 357 g/mol. The number of imidazole rings is 1. The summed E-state index contributed by atoms with van der Waals surface area (Å²) in [6, 6.07) is 11.1. The van der Waals surface area contributed by atoms with Gasteiger partial charge in [0.25, 0.3) is 5.91 Å². The van der Waals surface area contributed by atoms with Crippen molar-refractivity contribution in [3.8, 4) is 0 Å². The maximum atomic E-state index is 12.4. The number of aromatic nitrogens is 3. The van der Waals surface area contributed by atoms with Gasteiger partial charge < -0.3 is 15.0 Å². The third kappa shape index (κ3) is 3.42. The van der Waals surface area contributed by atoms with Gasteiger partial charge in [0.2, 0.25) is 0 Å². The average molecular weight is 358 g/mol. The molecule has 0 bridgehead atoms. The Labute approximate surface area is 149 Å². The Hall–Kier alpha value is -2.64. The molecule has 1 aliphatic rings. The number of rotatable bonds is 3. The van der Waals surface area contributed by atoms with E-state index in [1.807, 2.05) is 24.3 Å². The average Bonchev–Trinajstić information content (AvgIpc) is 3.06.